The number of methoxy groups -OCH3 is 1. The van der Waals surface area contributed by atoms with Crippen LogP contribution in [0.15, 0.2) is 23.1 Å². The fraction of sp³-hybridized carbons (Fsp3) is 0.455. The average Bonchev–Trinajstić information content (AvgIpc) is 2.46. The minimum Gasteiger partial charge on any atom is -0.385 e. The number of nitrogen functional groups attached to an aromatic ring is 1. The summed E-state index contributed by atoms with van der Waals surface area (Å²) in [6.45, 7) is 0.639. The van der Waals surface area contributed by atoms with Gasteiger partial charge in [0.2, 0.25) is 10.0 Å². The summed E-state index contributed by atoms with van der Waals surface area (Å²) in [5.74, 6) is 5.27. The molecule has 0 aliphatic carbocycles. The minimum atomic E-state index is -3.89. The van der Waals surface area contributed by atoms with Crippen molar-refractivity contribution in [3.63, 3.8) is 0 Å². The van der Waals surface area contributed by atoms with Crippen molar-refractivity contribution in [1.82, 2.24) is 4.31 Å². The molecule has 0 saturated carbocycles. The van der Waals surface area contributed by atoms with Gasteiger partial charge in [0, 0.05) is 39.4 Å². The number of nitrogens with two attached hydrogens (primary N) is 1. The highest BCUT2D eigenvalue weighted by Crippen LogP contribution is 2.27. The van der Waals surface area contributed by atoms with Gasteiger partial charge in [-0.15, -0.1) is 0 Å². The molecule has 118 valence electrons. The van der Waals surface area contributed by atoms with Crippen molar-refractivity contribution >= 4 is 21.4 Å². The quantitative estimate of drug-likeness (QED) is 0.310. The topological polar surface area (TPSA) is 128 Å². The van der Waals surface area contributed by atoms with Crippen LogP contribution in [0.5, 0.6) is 0 Å². The predicted octanol–water partition coefficient (Wildman–Crippen LogP) is 0.537. The van der Waals surface area contributed by atoms with Gasteiger partial charge in [0.25, 0.3) is 5.69 Å². The van der Waals surface area contributed by atoms with Crippen molar-refractivity contribution in [2.45, 2.75) is 11.3 Å². The van der Waals surface area contributed by atoms with Crippen LogP contribution in [0, 0.1) is 10.1 Å². The van der Waals surface area contributed by atoms with Crippen LogP contribution in [-0.4, -0.2) is 45.0 Å². The van der Waals surface area contributed by atoms with E-state index in [0.717, 1.165) is 10.4 Å². The number of benzene rings is 1. The molecule has 1 aromatic rings. The third-order valence-electron chi connectivity index (χ3n) is 2.84. The summed E-state index contributed by atoms with van der Waals surface area (Å²) in [7, 11) is -0.975. The third kappa shape index (κ3) is 4.11. The highest BCUT2D eigenvalue weighted by atomic mass is 32.2. The molecule has 0 unspecified atom stereocenters. The van der Waals surface area contributed by atoms with E-state index in [4.69, 9.17) is 10.6 Å². The SMILES string of the molecule is COCCCN(C)S(=O)(=O)c1cc([N+](=O)[O-])ccc1NN. The number of nitrogens with one attached hydrogen (secondary N) is 1. The molecule has 0 atom stereocenters. The Morgan fingerprint density at radius 3 is 2.67 bits per heavy atom. The number of nitro groups is 1. The Balaban J connectivity index is 3.16. The lowest BCUT2D eigenvalue weighted by atomic mass is 10.3. The van der Waals surface area contributed by atoms with Gasteiger partial charge < -0.3 is 10.2 Å². The van der Waals surface area contributed by atoms with Gasteiger partial charge in [0.1, 0.15) is 4.90 Å². The van der Waals surface area contributed by atoms with E-state index in [1.807, 2.05) is 0 Å². The van der Waals surface area contributed by atoms with E-state index in [-0.39, 0.29) is 22.8 Å². The van der Waals surface area contributed by atoms with Crippen LogP contribution in [0.4, 0.5) is 11.4 Å². The van der Waals surface area contributed by atoms with Crippen molar-refractivity contribution in [1.29, 1.82) is 0 Å². The summed E-state index contributed by atoms with van der Waals surface area (Å²) in [6, 6.07) is 3.42. The Morgan fingerprint density at radius 1 is 1.48 bits per heavy atom. The van der Waals surface area contributed by atoms with Gasteiger partial charge in [0.15, 0.2) is 0 Å². The molecule has 1 aromatic carbocycles. The zero-order valence-corrected chi connectivity index (χ0v) is 12.6. The summed E-state index contributed by atoms with van der Waals surface area (Å²) in [5, 5.41) is 10.8. The molecule has 0 amide bonds. The van der Waals surface area contributed by atoms with E-state index in [2.05, 4.69) is 5.43 Å². The standard InChI is InChI=1S/C11H18N4O5S/c1-14(6-3-7-20-2)21(18,19)11-8-9(15(16)17)4-5-10(11)13-12/h4-5,8,13H,3,6-7,12H2,1-2H3. The van der Waals surface area contributed by atoms with Crippen LogP contribution in [0.2, 0.25) is 0 Å². The normalized spacial score (nSPS) is 11.6. The fourth-order valence-corrected chi connectivity index (χ4v) is 3.06. The molecule has 0 bridgehead atoms. The van der Waals surface area contributed by atoms with Gasteiger partial charge >= 0.3 is 0 Å². The monoisotopic (exact) mass is 318 g/mol. The number of non-ortho nitro benzene ring substituents is 1. The largest absolute Gasteiger partial charge is 0.385 e. The minimum absolute atomic E-state index is 0.0965. The van der Waals surface area contributed by atoms with Gasteiger partial charge in [-0.05, 0) is 12.5 Å². The Kier molecular flexibility index (Phi) is 6.03. The lowest BCUT2D eigenvalue weighted by Gasteiger charge is -2.18. The molecule has 0 aliphatic heterocycles. The first-order valence-electron chi connectivity index (χ1n) is 6.05. The van der Waals surface area contributed by atoms with Crippen LogP contribution in [-0.2, 0) is 14.8 Å². The molecular weight excluding hydrogens is 300 g/mol. The van der Waals surface area contributed by atoms with Crippen molar-refractivity contribution in [3.05, 3.63) is 28.3 Å². The molecule has 0 fully saturated rings. The Labute approximate surface area is 122 Å². The van der Waals surface area contributed by atoms with Gasteiger partial charge in [-0.25, -0.2) is 12.7 Å². The number of hydrogen-bond donors (Lipinski definition) is 2. The van der Waals surface area contributed by atoms with Crippen molar-refractivity contribution in [2.24, 2.45) is 5.84 Å². The second-order valence-corrected chi connectivity index (χ2v) is 6.27. The Hall–Kier alpha value is -1.75. The summed E-state index contributed by atoms with van der Waals surface area (Å²) in [5.41, 5.74) is 2.01. The first-order valence-corrected chi connectivity index (χ1v) is 7.49. The van der Waals surface area contributed by atoms with Crippen molar-refractivity contribution in [2.75, 3.05) is 32.7 Å². The van der Waals surface area contributed by atoms with E-state index in [1.54, 1.807) is 0 Å². The summed E-state index contributed by atoms with van der Waals surface area (Å²) in [6.07, 6.45) is 0.506. The molecule has 1 rings (SSSR count). The first kappa shape index (κ1) is 17.3. The number of ether oxygens (including phenoxy) is 1. The van der Waals surface area contributed by atoms with Crippen molar-refractivity contribution in [3.8, 4) is 0 Å². The van der Waals surface area contributed by atoms with Crippen LogP contribution >= 0.6 is 0 Å². The molecule has 3 N–H and O–H groups in total. The molecule has 0 radical (unpaired) electrons. The molecule has 21 heavy (non-hydrogen) atoms. The molecule has 0 saturated heterocycles. The number of nitro benzene ring substituents is 1. The summed E-state index contributed by atoms with van der Waals surface area (Å²) >= 11 is 0. The molecule has 9 nitrogen and oxygen atoms in total. The maximum atomic E-state index is 12.4. The predicted molar refractivity (Wildman–Crippen MR) is 77.2 cm³/mol. The zero-order valence-electron chi connectivity index (χ0n) is 11.8. The van der Waals surface area contributed by atoms with Crippen molar-refractivity contribution < 1.29 is 18.1 Å². The lowest BCUT2D eigenvalue weighted by Crippen LogP contribution is -2.29. The number of hydrogen-bond acceptors (Lipinski definition) is 7. The summed E-state index contributed by atoms with van der Waals surface area (Å²) < 4.78 is 30.9. The number of sulfonamides is 1. The number of nitrogens with zero attached hydrogens (tertiary/aromatic N) is 2. The number of rotatable bonds is 8. The molecule has 0 heterocycles. The van der Waals surface area contributed by atoms with Crippen LogP contribution < -0.4 is 11.3 Å². The molecule has 0 aliphatic rings. The highest BCUT2D eigenvalue weighted by Gasteiger charge is 2.26. The molecular formula is C11H18N4O5S. The molecule has 0 aromatic heterocycles. The highest BCUT2D eigenvalue weighted by molar-refractivity contribution is 7.89. The van der Waals surface area contributed by atoms with Crippen LogP contribution in [0.1, 0.15) is 6.42 Å². The van der Waals surface area contributed by atoms with Gasteiger partial charge in [-0.3, -0.25) is 16.0 Å². The maximum Gasteiger partial charge on any atom is 0.270 e. The fourth-order valence-electron chi connectivity index (χ4n) is 1.68. The number of anilines is 1. The van der Waals surface area contributed by atoms with Gasteiger partial charge in [-0.2, -0.15) is 0 Å². The van der Waals surface area contributed by atoms with E-state index in [9.17, 15) is 18.5 Å². The third-order valence-corrected chi connectivity index (χ3v) is 4.74. The van der Waals surface area contributed by atoms with E-state index >= 15 is 0 Å². The molecule has 10 heteroatoms. The first-order chi connectivity index (χ1) is 9.84. The average molecular weight is 318 g/mol. The van der Waals surface area contributed by atoms with E-state index < -0.39 is 14.9 Å². The Bertz CT molecular complexity index is 605. The van der Waals surface area contributed by atoms with Gasteiger partial charge in [0.05, 0.1) is 10.6 Å². The van der Waals surface area contributed by atoms with Crippen LogP contribution in [0.3, 0.4) is 0 Å². The summed E-state index contributed by atoms with van der Waals surface area (Å²) in [4.78, 5) is 9.89. The maximum absolute atomic E-state index is 12.4. The van der Waals surface area contributed by atoms with Gasteiger partial charge in [-0.1, -0.05) is 0 Å². The second-order valence-electron chi connectivity index (χ2n) is 4.25. The number of hydrazine groups is 1. The smallest absolute Gasteiger partial charge is 0.270 e. The van der Waals surface area contributed by atoms with E-state index in [0.29, 0.717) is 13.0 Å². The Morgan fingerprint density at radius 2 is 2.14 bits per heavy atom. The van der Waals surface area contributed by atoms with Crippen LogP contribution in [0.25, 0.3) is 0 Å². The molecule has 0 spiro atoms. The second kappa shape index (κ2) is 7.31. The zero-order chi connectivity index (χ0) is 16.0. The van der Waals surface area contributed by atoms with E-state index in [1.165, 1.54) is 26.3 Å². The lowest BCUT2D eigenvalue weighted by molar-refractivity contribution is -0.385.